The molecule has 1 aromatic rings. The van der Waals surface area contributed by atoms with Crippen molar-refractivity contribution in [2.45, 2.75) is 6.92 Å². The van der Waals surface area contributed by atoms with Gasteiger partial charge in [0.15, 0.2) is 0 Å². The van der Waals surface area contributed by atoms with Gasteiger partial charge in [0.1, 0.15) is 5.75 Å². The van der Waals surface area contributed by atoms with Crippen LogP contribution in [0.3, 0.4) is 0 Å². The molecule has 0 N–H and O–H groups in total. The summed E-state index contributed by atoms with van der Waals surface area (Å²) in [6.07, 6.45) is 1.95. The number of rotatable bonds is 3. The molecule has 0 heterocycles. The highest BCUT2D eigenvalue weighted by Crippen LogP contribution is 2.15. The Bertz CT molecular complexity index is 205. The molecule has 0 aliphatic heterocycles. The minimum Gasteiger partial charge on any atom is -0.493 e. The lowest BCUT2D eigenvalue weighted by atomic mass is 10.3. The van der Waals surface area contributed by atoms with Crippen molar-refractivity contribution in [1.82, 2.24) is 0 Å². The van der Waals surface area contributed by atoms with E-state index in [2.05, 4.69) is 0 Å². The predicted octanol–water partition coefficient (Wildman–Crippen LogP) is 2.94. The van der Waals surface area contributed by atoms with E-state index in [0.717, 1.165) is 10.8 Å². The molecule has 0 atom stereocenters. The summed E-state index contributed by atoms with van der Waals surface area (Å²) in [6, 6.07) is 7.33. The van der Waals surface area contributed by atoms with Gasteiger partial charge in [0, 0.05) is 5.02 Å². The molecule has 0 saturated carbocycles. The normalized spacial score (nSPS) is 9.64. The van der Waals surface area contributed by atoms with Crippen LogP contribution in [0.4, 0.5) is 0 Å². The first-order valence-corrected chi connectivity index (χ1v) is 3.87. The van der Waals surface area contributed by atoms with Gasteiger partial charge in [-0.2, -0.15) is 0 Å². The average Bonchev–Trinajstić information content (AvgIpc) is 2.04. The van der Waals surface area contributed by atoms with Crippen molar-refractivity contribution in [2.24, 2.45) is 0 Å². The van der Waals surface area contributed by atoms with Crippen molar-refractivity contribution in [3.05, 3.63) is 35.7 Å². The van der Waals surface area contributed by atoms with Gasteiger partial charge in [-0.25, -0.2) is 0 Å². The van der Waals surface area contributed by atoms with Crippen molar-refractivity contribution in [3.63, 3.8) is 0 Å². The molecule has 0 amide bonds. The second-order valence-electron chi connectivity index (χ2n) is 2.17. The first-order valence-electron chi connectivity index (χ1n) is 3.49. The summed E-state index contributed by atoms with van der Waals surface area (Å²) < 4.78 is 5.30. The molecule has 0 aliphatic carbocycles. The van der Waals surface area contributed by atoms with Crippen LogP contribution in [0.15, 0.2) is 24.3 Å². The Hall–Kier alpha value is -0.690. The number of ether oxygens (including phenoxy) is 1. The van der Waals surface area contributed by atoms with E-state index in [4.69, 9.17) is 16.3 Å². The molecule has 0 unspecified atom stereocenters. The zero-order valence-electron chi connectivity index (χ0n) is 6.38. The lowest BCUT2D eigenvalue weighted by Crippen LogP contribution is -1.94. The van der Waals surface area contributed by atoms with Gasteiger partial charge in [-0.3, -0.25) is 0 Å². The van der Waals surface area contributed by atoms with Gasteiger partial charge in [0.05, 0.1) is 6.61 Å². The molecule has 0 aliphatic rings. The van der Waals surface area contributed by atoms with E-state index in [1.165, 1.54) is 0 Å². The Morgan fingerprint density at radius 2 is 2.00 bits per heavy atom. The van der Waals surface area contributed by atoms with E-state index >= 15 is 0 Å². The van der Waals surface area contributed by atoms with Crippen molar-refractivity contribution in [3.8, 4) is 5.75 Å². The largest absolute Gasteiger partial charge is 0.493 e. The van der Waals surface area contributed by atoms with Crippen LogP contribution in [0.5, 0.6) is 5.75 Å². The third-order valence-electron chi connectivity index (χ3n) is 1.23. The Morgan fingerprint density at radius 1 is 1.36 bits per heavy atom. The van der Waals surface area contributed by atoms with Crippen molar-refractivity contribution >= 4 is 11.6 Å². The molecule has 0 saturated heterocycles. The summed E-state index contributed by atoms with van der Waals surface area (Å²) in [6.45, 7) is 2.59. The second-order valence-corrected chi connectivity index (χ2v) is 2.61. The highest BCUT2D eigenvalue weighted by Gasteiger charge is 1.90. The summed E-state index contributed by atoms with van der Waals surface area (Å²) in [5.74, 6) is 0.854. The summed E-state index contributed by atoms with van der Waals surface area (Å²) in [7, 11) is 0. The van der Waals surface area contributed by atoms with Gasteiger partial charge in [0.25, 0.3) is 0 Å². The fraction of sp³-hybridized carbons (Fsp3) is 0.222. The van der Waals surface area contributed by atoms with Crippen molar-refractivity contribution in [1.29, 1.82) is 0 Å². The van der Waals surface area contributed by atoms with Gasteiger partial charge in [0.2, 0.25) is 0 Å². The summed E-state index contributed by atoms with van der Waals surface area (Å²) >= 11 is 5.68. The topological polar surface area (TPSA) is 9.23 Å². The molecule has 11 heavy (non-hydrogen) atoms. The van der Waals surface area contributed by atoms with E-state index in [-0.39, 0.29) is 0 Å². The predicted molar refractivity (Wildman–Crippen MR) is 46.9 cm³/mol. The maximum Gasteiger partial charge on any atom is 0.119 e. The molecule has 59 valence electrons. The minimum atomic E-state index is 0.641. The van der Waals surface area contributed by atoms with E-state index in [1.807, 2.05) is 37.6 Å². The minimum absolute atomic E-state index is 0.641. The van der Waals surface area contributed by atoms with E-state index < -0.39 is 0 Å². The van der Waals surface area contributed by atoms with Crippen LogP contribution in [0.2, 0.25) is 5.02 Å². The maximum absolute atomic E-state index is 5.68. The third kappa shape index (κ3) is 2.81. The molecule has 1 rings (SSSR count). The fourth-order valence-corrected chi connectivity index (χ4v) is 0.836. The molecule has 2 heteroatoms. The van der Waals surface area contributed by atoms with Gasteiger partial charge >= 0.3 is 0 Å². The van der Waals surface area contributed by atoms with Crippen LogP contribution in [0.1, 0.15) is 6.92 Å². The molecular weight excluding hydrogens is 160 g/mol. The number of hydrogen-bond donors (Lipinski definition) is 0. The van der Waals surface area contributed by atoms with Crippen molar-refractivity contribution in [2.75, 3.05) is 6.61 Å². The molecule has 1 aromatic carbocycles. The number of halogens is 1. The van der Waals surface area contributed by atoms with Crippen LogP contribution >= 0.6 is 11.6 Å². The highest BCUT2D eigenvalue weighted by atomic mass is 35.5. The molecule has 1 nitrogen and oxygen atoms in total. The Labute approximate surface area is 71.9 Å². The zero-order valence-corrected chi connectivity index (χ0v) is 7.14. The second kappa shape index (κ2) is 4.24. The maximum atomic E-state index is 5.68. The molecule has 0 aromatic heterocycles. The highest BCUT2D eigenvalue weighted by molar-refractivity contribution is 6.30. The standard InChI is InChI=1S/C9H10ClO/c1-2-7-11-9-5-3-8(10)4-6-9/h2-6H,7H2,1H3. The smallest absolute Gasteiger partial charge is 0.119 e. The molecule has 0 spiro atoms. The van der Waals surface area contributed by atoms with Gasteiger partial charge in [-0.1, -0.05) is 18.5 Å². The first-order chi connectivity index (χ1) is 5.33. The Kier molecular flexibility index (Phi) is 3.24. The summed E-state index contributed by atoms with van der Waals surface area (Å²) in [5, 5.41) is 0.734. The van der Waals surface area contributed by atoms with Gasteiger partial charge < -0.3 is 4.74 Å². The quantitative estimate of drug-likeness (QED) is 0.676. The van der Waals surface area contributed by atoms with Crippen LogP contribution in [-0.2, 0) is 0 Å². The summed E-state index contributed by atoms with van der Waals surface area (Å²) in [5.41, 5.74) is 0. The van der Waals surface area contributed by atoms with E-state index in [1.54, 1.807) is 0 Å². The lowest BCUT2D eigenvalue weighted by Gasteiger charge is -2.02. The first kappa shape index (κ1) is 8.41. The molecule has 1 radical (unpaired) electrons. The van der Waals surface area contributed by atoms with Crippen molar-refractivity contribution < 1.29 is 4.74 Å². The van der Waals surface area contributed by atoms with Gasteiger partial charge in [-0.05, 0) is 30.7 Å². The zero-order chi connectivity index (χ0) is 8.10. The Morgan fingerprint density at radius 3 is 2.55 bits per heavy atom. The molecule has 0 fully saturated rings. The SMILES string of the molecule is C[CH]COc1ccc(Cl)cc1. The van der Waals surface area contributed by atoms with E-state index in [9.17, 15) is 0 Å². The van der Waals surface area contributed by atoms with Crippen LogP contribution in [0.25, 0.3) is 0 Å². The monoisotopic (exact) mass is 169 g/mol. The summed E-state index contributed by atoms with van der Waals surface area (Å²) in [4.78, 5) is 0. The Balaban J connectivity index is 2.52. The van der Waals surface area contributed by atoms with Gasteiger partial charge in [-0.15, -0.1) is 0 Å². The van der Waals surface area contributed by atoms with Crippen LogP contribution in [0, 0.1) is 6.42 Å². The average molecular weight is 170 g/mol. The molecular formula is C9H10ClO. The van der Waals surface area contributed by atoms with Crippen LogP contribution in [-0.4, -0.2) is 6.61 Å². The molecule has 0 bridgehead atoms. The fourth-order valence-electron chi connectivity index (χ4n) is 0.710. The number of hydrogen-bond acceptors (Lipinski definition) is 1. The van der Waals surface area contributed by atoms with Crippen LogP contribution < -0.4 is 4.74 Å². The van der Waals surface area contributed by atoms with E-state index in [0.29, 0.717) is 6.61 Å². The third-order valence-corrected chi connectivity index (χ3v) is 1.48. The lowest BCUT2D eigenvalue weighted by molar-refractivity contribution is 0.349. The number of benzene rings is 1.